The fourth-order valence-electron chi connectivity index (χ4n) is 2.07. The Kier molecular flexibility index (Phi) is 3.73. The van der Waals surface area contributed by atoms with Crippen molar-refractivity contribution in [3.63, 3.8) is 0 Å². The zero-order valence-corrected chi connectivity index (χ0v) is 11.9. The molecular weight excluding hydrogens is 285 g/mol. The smallest absolute Gasteiger partial charge is 0.390 e. The zero-order valence-electron chi connectivity index (χ0n) is 11.1. The van der Waals surface area contributed by atoms with Crippen molar-refractivity contribution >= 4 is 13.4 Å². The zero-order chi connectivity index (χ0) is 15.1. The van der Waals surface area contributed by atoms with E-state index in [0.717, 1.165) is 0 Å². The predicted octanol–water partition coefficient (Wildman–Crippen LogP) is 0.503. The lowest BCUT2D eigenvalue weighted by molar-refractivity contribution is 0.0738. The van der Waals surface area contributed by atoms with Gasteiger partial charge in [0.2, 0.25) is 5.50 Å². The number of allylic oxidation sites excluding steroid dienone is 1. The summed E-state index contributed by atoms with van der Waals surface area (Å²) in [5.41, 5.74) is 5.35. The summed E-state index contributed by atoms with van der Waals surface area (Å²) >= 11 is 0. The average molecular weight is 301 g/mol. The molecule has 4 N–H and O–H groups in total. The van der Waals surface area contributed by atoms with Gasteiger partial charge < -0.3 is 20.3 Å². The molecule has 0 fully saturated rings. The normalized spacial score (nSPS) is 23.1. The molecule has 0 saturated heterocycles. The molecule has 1 aliphatic rings. The van der Waals surface area contributed by atoms with E-state index in [4.69, 9.17) is 20.3 Å². The Bertz CT molecular complexity index is 663. The van der Waals surface area contributed by atoms with Gasteiger partial charge in [-0.25, -0.2) is 4.79 Å². The number of nitrogens with two attached hydrogens (primary N) is 1. The van der Waals surface area contributed by atoms with Crippen molar-refractivity contribution in [1.82, 2.24) is 9.55 Å². The summed E-state index contributed by atoms with van der Waals surface area (Å²) in [7, 11) is -4.41. The minimum Gasteiger partial charge on any atom is -0.481 e. The van der Waals surface area contributed by atoms with Crippen LogP contribution in [0, 0.1) is 6.92 Å². The second-order valence-corrected chi connectivity index (χ2v) is 6.24. The predicted molar refractivity (Wildman–Crippen MR) is 72.0 cm³/mol. The van der Waals surface area contributed by atoms with Crippen LogP contribution in [0.4, 0.5) is 5.82 Å². The van der Waals surface area contributed by atoms with Crippen LogP contribution in [0.15, 0.2) is 22.6 Å². The molecule has 0 radical (unpaired) electrons. The third-order valence-corrected chi connectivity index (χ3v) is 4.06. The fourth-order valence-corrected chi connectivity index (χ4v) is 2.72. The van der Waals surface area contributed by atoms with Crippen LogP contribution in [-0.2, 0) is 9.30 Å². The van der Waals surface area contributed by atoms with Gasteiger partial charge in [0.05, 0.1) is 6.04 Å². The molecule has 2 heterocycles. The van der Waals surface area contributed by atoms with E-state index < -0.39 is 19.4 Å². The van der Waals surface area contributed by atoms with E-state index in [1.165, 1.54) is 10.6 Å². The summed E-state index contributed by atoms with van der Waals surface area (Å²) in [4.78, 5) is 33.7. The molecule has 1 aromatic heterocycles. The number of aryl methyl sites for hydroxylation is 1. The number of nitrogen functional groups attached to an aromatic ring is 1. The highest BCUT2D eigenvalue weighted by molar-refractivity contribution is 7.56. The van der Waals surface area contributed by atoms with Crippen molar-refractivity contribution in [2.75, 3.05) is 5.73 Å². The second kappa shape index (κ2) is 5.05. The topological polar surface area (TPSA) is 128 Å². The summed E-state index contributed by atoms with van der Waals surface area (Å²) in [6.45, 7) is 3.37. The van der Waals surface area contributed by atoms with Gasteiger partial charge in [-0.3, -0.25) is 9.13 Å². The lowest BCUT2D eigenvalue weighted by Crippen LogP contribution is -2.35. The summed E-state index contributed by atoms with van der Waals surface area (Å²) in [6, 6.07) is -0.385. The lowest BCUT2D eigenvalue weighted by Gasteiger charge is -2.31. The molecule has 2 atom stereocenters. The third kappa shape index (κ3) is 2.77. The van der Waals surface area contributed by atoms with Gasteiger partial charge >= 0.3 is 13.3 Å². The first-order valence-electron chi connectivity index (χ1n) is 5.98. The number of aromatic nitrogens is 2. The van der Waals surface area contributed by atoms with Crippen LogP contribution in [0.1, 0.15) is 24.9 Å². The first kappa shape index (κ1) is 14.8. The highest BCUT2D eigenvalue weighted by Gasteiger charge is 2.33. The molecule has 1 aromatic rings. The van der Waals surface area contributed by atoms with E-state index in [-0.39, 0.29) is 23.8 Å². The number of anilines is 1. The molecule has 0 saturated carbocycles. The molecule has 20 heavy (non-hydrogen) atoms. The molecule has 0 bridgehead atoms. The van der Waals surface area contributed by atoms with Gasteiger partial charge in [0.15, 0.2) is 0 Å². The quantitative estimate of drug-likeness (QED) is 0.679. The Labute approximate surface area is 115 Å². The Morgan fingerprint density at radius 2 is 2.20 bits per heavy atom. The van der Waals surface area contributed by atoms with Gasteiger partial charge in [-0.05, 0) is 26.3 Å². The molecule has 8 nitrogen and oxygen atoms in total. The van der Waals surface area contributed by atoms with Gasteiger partial charge in [-0.15, -0.1) is 0 Å². The molecule has 2 unspecified atom stereocenters. The Morgan fingerprint density at radius 1 is 1.55 bits per heavy atom. The average Bonchev–Trinajstić information content (AvgIpc) is 2.33. The Hall–Kier alpha value is -1.63. The van der Waals surface area contributed by atoms with Crippen molar-refractivity contribution < 1.29 is 19.1 Å². The minimum absolute atomic E-state index is 0.169. The maximum absolute atomic E-state index is 11.9. The maximum atomic E-state index is 11.9. The fraction of sp³-hybridized carbons (Fsp3) is 0.455. The number of hydrogen-bond acceptors (Lipinski definition) is 5. The number of ether oxygens (including phenoxy) is 1. The first-order chi connectivity index (χ1) is 9.20. The van der Waals surface area contributed by atoms with Crippen molar-refractivity contribution in [3.8, 4) is 0 Å². The maximum Gasteiger partial charge on any atom is 0.390 e. The van der Waals surface area contributed by atoms with Gasteiger partial charge in [0.1, 0.15) is 11.9 Å². The third-order valence-electron chi connectivity index (χ3n) is 3.20. The van der Waals surface area contributed by atoms with Crippen LogP contribution in [0.2, 0.25) is 0 Å². The largest absolute Gasteiger partial charge is 0.481 e. The van der Waals surface area contributed by atoms with Crippen molar-refractivity contribution in [3.05, 3.63) is 33.8 Å². The van der Waals surface area contributed by atoms with E-state index in [0.29, 0.717) is 5.56 Å². The Morgan fingerprint density at radius 3 is 2.75 bits per heavy atom. The van der Waals surface area contributed by atoms with Gasteiger partial charge in [0.25, 0.3) is 0 Å². The van der Waals surface area contributed by atoms with Crippen LogP contribution in [0.25, 0.3) is 0 Å². The summed E-state index contributed by atoms with van der Waals surface area (Å²) < 4.78 is 17.7. The van der Waals surface area contributed by atoms with E-state index >= 15 is 0 Å². The number of nitrogens with zero attached hydrogens (tertiary/aromatic N) is 2. The van der Waals surface area contributed by atoms with Crippen molar-refractivity contribution in [1.29, 1.82) is 0 Å². The van der Waals surface area contributed by atoms with Crippen molar-refractivity contribution in [2.45, 2.75) is 32.4 Å². The number of hydrogen-bond donors (Lipinski definition) is 3. The Balaban J connectivity index is 2.37. The second-order valence-electron chi connectivity index (χ2n) is 4.71. The number of rotatable bonds is 2. The van der Waals surface area contributed by atoms with Crippen LogP contribution < -0.4 is 11.4 Å². The van der Waals surface area contributed by atoms with Crippen molar-refractivity contribution in [2.24, 2.45) is 0 Å². The standard InChI is InChI=1S/C11H16N3O5P/c1-6-5-14(11(15)13-10(6)12)8-3-4-9(19-7(8)2)20(16,17)18/h4-5,7-8H,3H2,1-2H3,(H2,12,13,15)(H2,16,17,18). The van der Waals surface area contributed by atoms with Crippen LogP contribution in [-0.4, -0.2) is 25.4 Å². The molecular formula is C11H16N3O5P. The molecule has 0 aliphatic carbocycles. The summed E-state index contributed by atoms with van der Waals surface area (Å²) in [6.07, 6.45) is 2.59. The van der Waals surface area contributed by atoms with E-state index in [2.05, 4.69) is 4.98 Å². The highest BCUT2D eigenvalue weighted by atomic mass is 31.2. The molecule has 2 rings (SSSR count). The van der Waals surface area contributed by atoms with Gasteiger partial charge in [0, 0.05) is 11.8 Å². The molecule has 0 aromatic carbocycles. The van der Waals surface area contributed by atoms with Gasteiger partial charge in [-0.2, -0.15) is 4.98 Å². The highest BCUT2D eigenvalue weighted by Crippen LogP contribution is 2.49. The summed E-state index contributed by atoms with van der Waals surface area (Å²) in [5.74, 6) is 0.169. The molecule has 110 valence electrons. The van der Waals surface area contributed by atoms with E-state index in [1.807, 2.05) is 0 Å². The monoisotopic (exact) mass is 301 g/mol. The first-order valence-corrected chi connectivity index (χ1v) is 7.59. The van der Waals surface area contributed by atoms with Crippen LogP contribution in [0.3, 0.4) is 0 Å². The lowest BCUT2D eigenvalue weighted by atomic mass is 10.1. The molecule has 1 aliphatic heterocycles. The van der Waals surface area contributed by atoms with E-state index in [1.54, 1.807) is 20.0 Å². The van der Waals surface area contributed by atoms with Crippen LogP contribution >= 0.6 is 7.60 Å². The summed E-state index contributed by atoms with van der Waals surface area (Å²) in [5, 5.41) is 0. The van der Waals surface area contributed by atoms with E-state index in [9.17, 15) is 9.36 Å². The van der Waals surface area contributed by atoms with Crippen LogP contribution in [0.5, 0.6) is 0 Å². The molecule has 0 spiro atoms. The molecule has 0 amide bonds. The minimum atomic E-state index is -4.41. The van der Waals surface area contributed by atoms with Gasteiger partial charge in [-0.1, -0.05) is 0 Å². The SMILES string of the molecule is Cc1cn(C2CC=C(P(=O)(O)O)OC2C)c(=O)nc1N. The molecule has 9 heteroatoms.